The average molecular weight is 236 g/mol. The number of hydrogen-bond donors (Lipinski definition) is 3. The largest absolute Gasteiger partial charge is 0.396 e. The number of hydrogen-bond acceptors (Lipinski definition) is 3. The smallest absolute Gasteiger partial charge is 0.271 e. The van der Waals surface area contributed by atoms with Crippen LogP contribution in [0.15, 0.2) is 6.20 Å². The number of anilines is 1. The number of amides is 1. The Morgan fingerprint density at radius 1 is 1.53 bits per heavy atom. The Morgan fingerprint density at radius 2 is 2.24 bits per heavy atom. The molecule has 0 radical (unpaired) electrons. The molecule has 4 N–H and O–H groups in total. The van der Waals surface area contributed by atoms with Crippen molar-refractivity contribution < 1.29 is 4.79 Å². The van der Waals surface area contributed by atoms with Gasteiger partial charge in [0.1, 0.15) is 5.69 Å². The molecule has 1 heterocycles. The minimum atomic E-state index is -0.155. The van der Waals surface area contributed by atoms with E-state index in [4.69, 9.17) is 5.73 Å². The van der Waals surface area contributed by atoms with E-state index in [1.165, 1.54) is 38.3 Å². The number of nitrogens with one attached hydrogen (secondary N) is 2. The fourth-order valence-corrected chi connectivity index (χ4v) is 2.51. The molecular formula is C12H20N4O. The number of aromatic amines is 1. The van der Waals surface area contributed by atoms with Gasteiger partial charge in [-0.05, 0) is 25.7 Å². The lowest BCUT2D eigenvalue weighted by molar-refractivity contribution is 0.0915. The number of carbonyl (C=O) groups excluding carboxylic acids is 1. The first-order chi connectivity index (χ1) is 8.18. The van der Waals surface area contributed by atoms with E-state index in [0.717, 1.165) is 0 Å². The van der Waals surface area contributed by atoms with E-state index >= 15 is 0 Å². The second kappa shape index (κ2) is 5.21. The van der Waals surface area contributed by atoms with E-state index < -0.39 is 0 Å². The van der Waals surface area contributed by atoms with Gasteiger partial charge in [-0.2, -0.15) is 5.10 Å². The molecule has 5 heteroatoms. The van der Waals surface area contributed by atoms with Gasteiger partial charge in [0.2, 0.25) is 0 Å². The normalized spacial score (nSPS) is 18.9. The molecule has 94 valence electrons. The van der Waals surface area contributed by atoms with Gasteiger partial charge >= 0.3 is 0 Å². The summed E-state index contributed by atoms with van der Waals surface area (Å²) in [5, 5.41) is 9.38. The molecule has 17 heavy (non-hydrogen) atoms. The Balaban J connectivity index is 1.92. The van der Waals surface area contributed by atoms with Gasteiger partial charge in [0.15, 0.2) is 0 Å². The highest BCUT2D eigenvalue weighted by molar-refractivity contribution is 5.97. The SMILES string of the molecule is CC(NC(=O)c1[nH]ncc1N)C1CCCCC1. The number of aromatic nitrogens is 2. The Morgan fingerprint density at radius 3 is 2.82 bits per heavy atom. The number of nitrogens with zero attached hydrogens (tertiary/aromatic N) is 1. The van der Waals surface area contributed by atoms with Crippen molar-refractivity contribution in [3.05, 3.63) is 11.9 Å². The predicted octanol–water partition coefficient (Wildman–Crippen LogP) is 1.69. The van der Waals surface area contributed by atoms with E-state index in [0.29, 0.717) is 17.3 Å². The zero-order valence-corrected chi connectivity index (χ0v) is 10.2. The highest BCUT2D eigenvalue weighted by atomic mass is 16.2. The molecule has 1 aliphatic rings. The minimum absolute atomic E-state index is 0.155. The Bertz CT molecular complexity index is 382. The van der Waals surface area contributed by atoms with Crippen molar-refractivity contribution in [1.29, 1.82) is 0 Å². The molecule has 0 spiro atoms. The maximum absolute atomic E-state index is 11.9. The standard InChI is InChI=1S/C12H20N4O/c1-8(9-5-3-2-4-6-9)15-12(17)11-10(13)7-14-16-11/h7-9H,2-6,13H2,1H3,(H,14,16)(H,15,17). The van der Waals surface area contributed by atoms with E-state index in [-0.39, 0.29) is 11.9 Å². The first-order valence-corrected chi connectivity index (χ1v) is 6.28. The molecule has 1 aromatic heterocycles. The molecule has 1 fully saturated rings. The summed E-state index contributed by atoms with van der Waals surface area (Å²) in [5.74, 6) is 0.440. The van der Waals surface area contributed by atoms with Crippen LogP contribution < -0.4 is 11.1 Å². The van der Waals surface area contributed by atoms with Crippen molar-refractivity contribution in [2.75, 3.05) is 5.73 Å². The third-order valence-electron chi connectivity index (χ3n) is 3.61. The van der Waals surface area contributed by atoms with Crippen molar-refractivity contribution in [1.82, 2.24) is 15.5 Å². The Labute approximate surface area is 101 Å². The maximum atomic E-state index is 11.9. The van der Waals surface area contributed by atoms with Crippen LogP contribution in [-0.4, -0.2) is 22.1 Å². The van der Waals surface area contributed by atoms with Crippen LogP contribution in [0.1, 0.15) is 49.5 Å². The van der Waals surface area contributed by atoms with Gasteiger partial charge in [0.25, 0.3) is 5.91 Å². The quantitative estimate of drug-likeness (QED) is 0.746. The van der Waals surface area contributed by atoms with Crippen LogP contribution in [0, 0.1) is 5.92 Å². The number of rotatable bonds is 3. The number of nitrogens with two attached hydrogens (primary N) is 1. The lowest BCUT2D eigenvalue weighted by Crippen LogP contribution is -2.39. The summed E-state index contributed by atoms with van der Waals surface area (Å²) >= 11 is 0. The van der Waals surface area contributed by atoms with Crippen LogP contribution in [0.2, 0.25) is 0 Å². The molecule has 0 bridgehead atoms. The van der Waals surface area contributed by atoms with Crippen molar-refractivity contribution in [3.63, 3.8) is 0 Å². The molecule has 0 aromatic carbocycles. The molecule has 1 atom stereocenters. The van der Waals surface area contributed by atoms with E-state index in [9.17, 15) is 4.79 Å². The van der Waals surface area contributed by atoms with Crippen molar-refractivity contribution >= 4 is 11.6 Å². The van der Waals surface area contributed by atoms with Crippen molar-refractivity contribution in [3.8, 4) is 0 Å². The molecule has 1 aliphatic carbocycles. The summed E-state index contributed by atoms with van der Waals surface area (Å²) in [6, 6.07) is 0.200. The van der Waals surface area contributed by atoms with Crippen molar-refractivity contribution in [2.45, 2.75) is 45.1 Å². The molecule has 5 nitrogen and oxygen atoms in total. The van der Waals surface area contributed by atoms with Crippen LogP contribution in [0.25, 0.3) is 0 Å². The van der Waals surface area contributed by atoms with Crippen LogP contribution in [0.4, 0.5) is 5.69 Å². The lowest BCUT2D eigenvalue weighted by Gasteiger charge is -2.28. The highest BCUT2D eigenvalue weighted by Crippen LogP contribution is 2.26. The minimum Gasteiger partial charge on any atom is -0.396 e. The molecule has 1 saturated carbocycles. The lowest BCUT2D eigenvalue weighted by atomic mass is 9.84. The molecular weight excluding hydrogens is 216 g/mol. The number of H-pyrrole nitrogens is 1. The first-order valence-electron chi connectivity index (χ1n) is 6.28. The fraction of sp³-hybridized carbons (Fsp3) is 0.667. The summed E-state index contributed by atoms with van der Waals surface area (Å²) in [6.07, 6.45) is 7.75. The van der Waals surface area contributed by atoms with Gasteiger partial charge in [-0.25, -0.2) is 0 Å². The summed E-state index contributed by atoms with van der Waals surface area (Å²) in [5.41, 5.74) is 6.41. The molecule has 1 amide bonds. The number of nitrogen functional groups attached to an aromatic ring is 1. The molecule has 0 aliphatic heterocycles. The van der Waals surface area contributed by atoms with Crippen LogP contribution >= 0.6 is 0 Å². The van der Waals surface area contributed by atoms with Gasteiger partial charge in [-0.15, -0.1) is 0 Å². The summed E-state index contributed by atoms with van der Waals surface area (Å²) in [4.78, 5) is 11.9. The van der Waals surface area contributed by atoms with Gasteiger partial charge < -0.3 is 11.1 Å². The van der Waals surface area contributed by atoms with E-state index in [2.05, 4.69) is 22.4 Å². The molecule has 2 rings (SSSR count). The molecule has 1 aromatic rings. The molecule has 0 saturated heterocycles. The topological polar surface area (TPSA) is 83.8 Å². The monoisotopic (exact) mass is 236 g/mol. The van der Waals surface area contributed by atoms with Crippen LogP contribution in [0.3, 0.4) is 0 Å². The fourth-order valence-electron chi connectivity index (χ4n) is 2.51. The van der Waals surface area contributed by atoms with E-state index in [1.54, 1.807) is 0 Å². The summed E-state index contributed by atoms with van der Waals surface area (Å²) in [6.45, 7) is 2.07. The van der Waals surface area contributed by atoms with Crippen LogP contribution in [0.5, 0.6) is 0 Å². The summed E-state index contributed by atoms with van der Waals surface area (Å²) < 4.78 is 0. The third-order valence-corrected chi connectivity index (χ3v) is 3.61. The summed E-state index contributed by atoms with van der Waals surface area (Å²) in [7, 11) is 0. The second-order valence-electron chi connectivity index (χ2n) is 4.86. The van der Waals surface area contributed by atoms with Gasteiger partial charge in [-0.3, -0.25) is 9.89 Å². The first kappa shape index (κ1) is 12.0. The zero-order chi connectivity index (χ0) is 12.3. The Kier molecular flexibility index (Phi) is 3.66. The average Bonchev–Trinajstić information content (AvgIpc) is 2.76. The highest BCUT2D eigenvalue weighted by Gasteiger charge is 2.22. The van der Waals surface area contributed by atoms with Gasteiger partial charge in [0.05, 0.1) is 11.9 Å². The van der Waals surface area contributed by atoms with Crippen molar-refractivity contribution in [2.24, 2.45) is 5.92 Å². The van der Waals surface area contributed by atoms with Gasteiger partial charge in [-0.1, -0.05) is 19.3 Å². The van der Waals surface area contributed by atoms with Gasteiger partial charge in [0, 0.05) is 6.04 Å². The Hall–Kier alpha value is -1.52. The zero-order valence-electron chi connectivity index (χ0n) is 10.2. The van der Waals surface area contributed by atoms with E-state index in [1.807, 2.05) is 0 Å². The molecule has 1 unspecified atom stereocenters. The second-order valence-corrected chi connectivity index (χ2v) is 4.86. The number of carbonyl (C=O) groups is 1. The third kappa shape index (κ3) is 2.78. The van der Waals surface area contributed by atoms with Crippen LogP contribution in [-0.2, 0) is 0 Å². The maximum Gasteiger partial charge on any atom is 0.271 e. The predicted molar refractivity (Wildman–Crippen MR) is 66.5 cm³/mol.